The maximum Gasteiger partial charge on any atom is 0.387 e. The van der Waals surface area contributed by atoms with Gasteiger partial charge in [-0.2, -0.15) is 8.78 Å². The minimum Gasteiger partial charge on any atom is -1.00 e. The normalized spacial score (nSPS) is 22.2. The van der Waals surface area contributed by atoms with Crippen molar-refractivity contribution in [1.29, 1.82) is 0 Å². The predicted octanol–water partition coefficient (Wildman–Crippen LogP) is 0.453. The van der Waals surface area contributed by atoms with Crippen LogP contribution in [0.2, 0.25) is 0 Å². The Bertz CT molecular complexity index is 472. The molecule has 1 aliphatic heterocycles. The third-order valence-corrected chi connectivity index (χ3v) is 3.71. The standard InChI is InChI=1S/C16H21F2NO2.BrH/c1-11-7-12(2)9-19(8-11)10-15(20)13-3-5-14(6-4-13)21-16(17)18;/h3-6,11-12,16H,7-10H2,1-2H3;1H/p-1. The van der Waals surface area contributed by atoms with E-state index in [4.69, 9.17) is 0 Å². The first-order valence-electron chi connectivity index (χ1n) is 7.24. The van der Waals surface area contributed by atoms with Crippen molar-refractivity contribution in [3.8, 4) is 5.75 Å². The highest BCUT2D eigenvalue weighted by Crippen LogP contribution is 2.21. The van der Waals surface area contributed by atoms with E-state index in [1.54, 1.807) is 0 Å². The molecular weight excluding hydrogens is 356 g/mol. The number of halogens is 3. The van der Waals surface area contributed by atoms with Crippen LogP contribution in [0.15, 0.2) is 24.3 Å². The van der Waals surface area contributed by atoms with E-state index in [1.165, 1.54) is 30.7 Å². The summed E-state index contributed by atoms with van der Waals surface area (Å²) in [7, 11) is 0. The summed E-state index contributed by atoms with van der Waals surface area (Å²) in [5.41, 5.74) is 0.530. The van der Waals surface area contributed by atoms with Gasteiger partial charge < -0.3 is 21.7 Å². The number of ether oxygens (including phenoxy) is 1. The van der Waals surface area contributed by atoms with Crippen LogP contribution in [0.4, 0.5) is 8.78 Å². The molecule has 0 aromatic heterocycles. The average Bonchev–Trinajstić information content (AvgIpc) is 2.37. The van der Waals surface area contributed by atoms with Crippen LogP contribution in [0.25, 0.3) is 0 Å². The Labute approximate surface area is 140 Å². The van der Waals surface area contributed by atoms with Gasteiger partial charge in [-0.1, -0.05) is 13.8 Å². The fourth-order valence-electron chi connectivity index (χ4n) is 3.04. The number of alkyl halides is 2. The first-order chi connectivity index (χ1) is 9.94. The molecule has 6 heteroatoms. The Morgan fingerprint density at radius 1 is 1.23 bits per heavy atom. The highest BCUT2D eigenvalue weighted by molar-refractivity contribution is 5.97. The van der Waals surface area contributed by atoms with Crippen LogP contribution in [0.5, 0.6) is 5.75 Å². The molecule has 1 heterocycles. The summed E-state index contributed by atoms with van der Waals surface area (Å²) >= 11 is 0. The Morgan fingerprint density at radius 2 is 1.77 bits per heavy atom. The van der Waals surface area contributed by atoms with Gasteiger partial charge in [0.05, 0.1) is 6.54 Å². The summed E-state index contributed by atoms with van der Waals surface area (Å²) in [6, 6.07) is 5.88. The maximum atomic E-state index is 12.2. The molecule has 2 atom stereocenters. The van der Waals surface area contributed by atoms with Gasteiger partial charge in [0.25, 0.3) is 0 Å². The van der Waals surface area contributed by atoms with E-state index in [2.05, 4.69) is 23.5 Å². The second kappa shape index (κ2) is 8.58. The molecule has 22 heavy (non-hydrogen) atoms. The molecule has 1 fully saturated rings. The molecule has 0 N–H and O–H groups in total. The van der Waals surface area contributed by atoms with Gasteiger partial charge in [0.15, 0.2) is 5.78 Å². The van der Waals surface area contributed by atoms with E-state index in [1.807, 2.05) is 0 Å². The van der Waals surface area contributed by atoms with Crippen LogP contribution >= 0.6 is 0 Å². The summed E-state index contributed by atoms with van der Waals surface area (Å²) < 4.78 is 28.4. The minimum atomic E-state index is -2.84. The van der Waals surface area contributed by atoms with Gasteiger partial charge in [0.1, 0.15) is 5.75 Å². The van der Waals surface area contributed by atoms with Crippen molar-refractivity contribution in [1.82, 2.24) is 4.90 Å². The van der Waals surface area contributed by atoms with E-state index >= 15 is 0 Å². The quantitative estimate of drug-likeness (QED) is 0.699. The third-order valence-electron chi connectivity index (χ3n) is 3.71. The van der Waals surface area contributed by atoms with Crippen LogP contribution in [0.1, 0.15) is 30.6 Å². The van der Waals surface area contributed by atoms with E-state index < -0.39 is 6.61 Å². The first-order valence-corrected chi connectivity index (χ1v) is 7.24. The highest BCUT2D eigenvalue weighted by atomic mass is 79.9. The van der Waals surface area contributed by atoms with Gasteiger partial charge in [-0.3, -0.25) is 9.69 Å². The third kappa shape index (κ3) is 5.65. The number of piperidine rings is 1. The van der Waals surface area contributed by atoms with E-state index in [-0.39, 0.29) is 28.5 Å². The molecule has 2 rings (SSSR count). The van der Waals surface area contributed by atoms with Gasteiger partial charge in [-0.25, -0.2) is 0 Å². The van der Waals surface area contributed by atoms with Crippen molar-refractivity contribution in [2.24, 2.45) is 11.8 Å². The number of nitrogens with zero attached hydrogens (tertiary/aromatic N) is 1. The van der Waals surface area contributed by atoms with Gasteiger partial charge in [-0.05, 0) is 42.5 Å². The fraction of sp³-hybridized carbons (Fsp3) is 0.562. The molecule has 1 aliphatic rings. The lowest BCUT2D eigenvalue weighted by atomic mass is 9.91. The van der Waals surface area contributed by atoms with Gasteiger partial charge in [0.2, 0.25) is 0 Å². The van der Waals surface area contributed by atoms with Crippen LogP contribution < -0.4 is 21.7 Å². The molecule has 0 spiro atoms. The summed E-state index contributed by atoms with van der Waals surface area (Å²) in [4.78, 5) is 14.4. The zero-order valence-corrected chi connectivity index (χ0v) is 14.4. The molecule has 2 unspecified atom stereocenters. The number of ketones is 1. The zero-order chi connectivity index (χ0) is 15.4. The van der Waals surface area contributed by atoms with E-state index in [9.17, 15) is 13.6 Å². The maximum absolute atomic E-state index is 12.2. The molecule has 1 saturated heterocycles. The molecule has 0 bridgehead atoms. The molecule has 0 amide bonds. The van der Waals surface area contributed by atoms with Crippen molar-refractivity contribution < 1.29 is 35.3 Å². The molecule has 1 aromatic rings. The van der Waals surface area contributed by atoms with Gasteiger partial charge >= 0.3 is 6.61 Å². The number of likely N-dealkylation sites (tertiary alicyclic amines) is 1. The van der Waals surface area contributed by atoms with Crippen LogP contribution in [0.3, 0.4) is 0 Å². The SMILES string of the molecule is CC1CC(C)CN(CC(=O)c2ccc(OC(F)F)cc2)C1.[Br-]. The zero-order valence-electron chi connectivity index (χ0n) is 12.8. The lowest BCUT2D eigenvalue weighted by Crippen LogP contribution is -3.00. The summed E-state index contributed by atoms with van der Waals surface area (Å²) in [6.45, 7) is 3.80. The topological polar surface area (TPSA) is 29.5 Å². The van der Waals surface area contributed by atoms with Crippen molar-refractivity contribution in [2.75, 3.05) is 19.6 Å². The number of carbonyl (C=O) groups excluding carboxylic acids is 1. The Morgan fingerprint density at radius 3 is 2.27 bits per heavy atom. The number of benzene rings is 1. The number of carbonyl (C=O) groups is 1. The lowest BCUT2D eigenvalue weighted by Gasteiger charge is -2.34. The monoisotopic (exact) mass is 376 g/mol. The summed E-state index contributed by atoms with van der Waals surface area (Å²) in [5.74, 6) is 1.29. The Hall–Kier alpha value is -1.01. The first kappa shape index (κ1) is 19.0. The predicted molar refractivity (Wildman–Crippen MR) is 76.8 cm³/mol. The van der Waals surface area contributed by atoms with Crippen molar-refractivity contribution >= 4 is 5.78 Å². The Balaban J connectivity index is 0.00000242. The molecule has 0 aliphatic carbocycles. The minimum absolute atomic E-state index is 0. The molecular formula is C16H21BrF2NO2-. The van der Waals surface area contributed by atoms with Gasteiger partial charge in [-0.15, -0.1) is 0 Å². The number of rotatable bonds is 5. The van der Waals surface area contributed by atoms with Crippen LogP contribution in [-0.4, -0.2) is 36.9 Å². The average molecular weight is 377 g/mol. The van der Waals surface area contributed by atoms with Crippen LogP contribution in [-0.2, 0) is 0 Å². The fourth-order valence-corrected chi connectivity index (χ4v) is 3.04. The molecule has 124 valence electrons. The van der Waals surface area contributed by atoms with E-state index in [0.717, 1.165) is 13.1 Å². The molecule has 0 saturated carbocycles. The smallest absolute Gasteiger partial charge is 0.387 e. The number of hydrogen-bond donors (Lipinski definition) is 0. The largest absolute Gasteiger partial charge is 1.00 e. The highest BCUT2D eigenvalue weighted by Gasteiger charge is 2.23. The van der Waals surface area contributed by atoms with Crippen molar-refractivity contribution in [3.63, 3.8) is 0 Å². The summed E-state index contributed by atoms with van der Waals surface area (Å²) in [5, 5.41) is 0. The van der Waals surface area contributed by atoms with Crippen molar-refractivity contribution in [2.45, 2.75) is 26.9 Å². The second-order valence-corrected chi connectivity index (χ2v) is 5.97. The summed E-state index contributed by atoms with van der Waals surface area (Å²) in [6.07, 6.45) is 1.20. The molecule has 3 nitrogen and oxygen atoms in total. The van der Waals surface area contributed by atoms with Gasteiger partial charge in [0, 0.05) is 18.7 Å². The van der Waals surface area contributed by atoms with Crippen molar-refractivity contribution in [3.05, 3.63) is 29.8 Å². The number of Topliss-reactive ketones (excluding diaryl/α,β-unsaturated/α-hetero) is 1. The Kier molecular flexibility index (Phi) is 7.42. The molecule has 0 radical (unpaired) electrons. The van der Waals surface area contributed by atoms with E-state index in [0.29, 0.717) is 23.9 Å². The van der Waals surface area contributed by atoms with Crippen LogP contribution in [0, 0.1) is 11.8 Å². The lowest BCUT2D eigenvalue weighted by molar-refractivity contribution is -0.0498. The number of hydrogen-bond acceptors (Lipinski definition) is 3. The molecule has 1 aromatic carbocycles. The second-order valence-electron chi connectivity index (χ2n) is 5.97.